The van der Waals surface area contributed by atoms with Crippen molar-refractivity contribution in [2.24, 2.45) is 4.99 Å². The Balaban J connectivity index is 1.47. The molecule has 0 saturated carbocycles. The van der Waals surface area contributed by atoms with Gasteiger partial charge in [0.1, 0.15) is 5.69 Å². The number of rotatable bonds is 6. The van der Waals surface area contributed by atoms with Crippen LogP contribution in [0.4, 0.5) is 24.8 Å². The summed E-state index contributed by atoms with van der Waals surface area (Å²) >= 11 is 0. The number of hydrogen-bond acceptors (Lipinski definition) is 5. The number of para-hydroxylation sites is 1. The third-order valence-electron chi connectivity index (χ3n) is 4.49. The number of halogens is 3. The predicted octanol–water partition coefficient (Wildman–Crippen LogP) is 2.20. The van der Waals surface area contributed by atoms with Crippen LogP contribution in [-0.4, -0.2) is 48.5 Å². The number of anilines is 2. The minimum Gasteiger partial charge on any atom is -0.356 e. The number of nitrogens with one attached hydrogen (secondary N) is 4. The molecule has 1 atom stereocenters. The molecule has 2 aromatic rings. The largest absolute Gasteiger partial charge is 0.433 e. The summed E-state index contributed by atoms with van der Waals surface area (Å²) in [6.45, 7) is 1.17. The van der Waals surface area contributed by atoms with E-state index in [9.17, 15) is 18.0 Å². The van der Waals surface area contributed by atoms with Gasteiger partial charge in [0.2, 0.25) is 11.9 Å². The van der Waals surface area contributed by atoms with Crippen LogP contribution in [0.25, 0.3) is 0 Å². The van der Waals surface area contributed by atoms with Crippen LogP contribution in [0, 0.1) is 0 Å². The fourth-order valence-corrected chi connectivity index (χ4v) is 3.08. The highest BCUT2D eigenvalue weighted by Gasteiger charge is 2.32. The minimum atomic E-state index is -4.52. The molecule has 2 heterocycles. The summed E-state index contributed by atoms with van der Waals surface area (Å²) in [7, 11) is 1.61. The van der Waals surface area contributed by atoms with E-state index in [2.05, 4.69) is 36.2 Å². The molecule has 30 heavy (non-hydrogen) atoms. The summed E-state index contributed by atoms with van der Waals surface area (Å²) in [5.41, 5.74) is 0.874. The van der Waals surface area contributed by atoms with E-state index in [1.165, 1.54) is 0 Å². The Morgan fingerprint density at radius 2 is 2.03 bits per heavy atom. The molecule has 1 aromatic carbocycles. The summed E-state index contributed by atoms with van der Waals surface area (Å²) in [6.07, 6.45) is -3.09. The molecule has 1 aliphatic heterocycles. The molecule has 4 N–H and O–H groups in total. The minimum absolute atomic E-state index is 0.00475. The van der Waals surface area contributed by atoms with E-state index in [-0.39, 0.29) is 24.3 Å². The van der Waals surface area contributed by atoms with Gasteiger partial charge in [0, 0.05) is 50.9 Å². The summed E-state index contributed by atoms with van der Waals surface area (Å²) in [5.74, 6) is 0.392. The molecule has 1 aromatic heterocycles. The lowest BCUT2D eigenvalue weighted by molar-refractivity contribution is -0.141. The van der Waals surface area contributed by atoms with Gasteiger partial charge in [-0.25, -0.2) is 9.97 Å². The number of aromatic nitrogens is 2. The van der Waals surface area contributed by atoms with E-state index in [4.69, 9.17) is 0 Å². The van der Waals surface area contributed by atoms with Gasteiger partial charge in [0.05, 0.1) is 0 Å². The maximum absolute atomic E-state index is 12.7. The number of benzene rings is 1. The normalized spacial score (nSPS) is 16.5. The van der Waals surface area contributed by atoms with E-state index in [0.29, 0.717) is 25.5 Å². The fraction of sp³-hybridized carbons (Fsp3) is 0.368. The smallest absolute Gasteiger partial charge is 0.356 e. The van der Waals surface area contributed by atoms with Crippen LogP contribution in [0.5, 0.6) is 0 Å². The van der Waals surface area contributed by atoms with Gasteiger partial charge in [-0.1, -0.05) is 18.2 Å². The maximum atomic E-state index is 12.7. The number of alkyl halides is 3. The van der Waals surface area contributed by atoms with Crippen LogP contribution in [-0.2, 0) is 11.0 Å². The monoisotopic (exact) mass is 421 g/mol. The number of aliphatic imine (C=N–C) groups is 1. The zero-order valence-electron chi connectivity index (χ0n) is 16.3. The Bertz CT molecular complexity index is 917. The van der Waals surface area contributed by atoms with Crippen molar-refractivity contribution in [3.05, 3.63) is 47.8 Å². The molecule has 0 fully saturated rings. The van der Waals surface area contributed by atoms with Crippen LogP contribution in [0.15, 0.2) is 41.5 Å². The van der Waals surface area contributed by atoms with Crippen molar-refractivity contribution < 1.29 is 18.0 Å². The molecule has 11 heteroatoms. The van der Waals surface area contributed by atoms with Crippen LogP contribution in [0.1, 0.15) is 23.6 Å². The first-order valence-electron chi connectivity index (χ1n) is 9.34. The van der Waals surface area contributed by atoms with Gasteiger partial charge in [0.25, 0.3) is 0 Å². The van der Waals surface area contributed by atoms with Gasteiger partial charge in [-0.3, -0.25) is 9.79 Å². The average molecular weight is 421 g/mol. The predicted molar refractivity (Wildman–Crippen MR) is 107 cm³/mol. The van der Waals surface area contributed by atoms with Gasteiger partial charge in [-0.2, -0.15) is 13.2 Å². The first-order chi connectivity index (χ1) is 14.4. The van der Waals surface area contributed by atoms with Gasteiger partial charge >= 0.3 is 6.18 Å². The molecule has 8 nitrogen and oxygen atoms in total. The SMILES string of the molecule is CN=C(NCCNc1nccc(C(F)(F)F)n1)NCC1CC(=O)Nc2ccccc21. The van der Waals surface area contributed by atoms with E-state index >= 15 is 0 Å². The number of hydrogen-bond donors (Lipinski definition) is 4. The number of carbonyl (C=O) groups excluding carboxylic acids is 1. The van der Waals surface area contributed by atoms with Crippen molar-refractivity contribution in [2.45, 2.75) is 18.5 Å². The summed E-state index contributed by atoms with van der Waals surface area (Å²) in [4.78, 5) is 23.3. The molecule has 1 aliphatic rings. The summed E-state index contributed by atoms with van der Waals surface area (Å²) in [6, 6.07) is 8.47. The van der Waals surface area contributed by atoms with Crippen molar-refractivity contribution in [1.29, 1.82) is 0 Å². The summed E-state index contributed by atoms with van der Waals surface area (Å²) < 4.78 is 38.1. The quantitative estimate of drug-likeness (QED) is 0.324. The highest BCUT2D eigenvalue weighted by Crippen LogP contribution is 2.31. The molecule has 1 amide bonds. The standard InChI is InChI=1S/C19H22F3N7O/c1-23-17(25-8-9-26-18-24-7-6-15(29-18)19(20,21)22)27-11-12-10-16(30)28-14-5-3-2-4-13(12)14/h2-7,12H,8-11H2,1H3,(H,28,30)(H2,23,25,27)(H,24,26,29). The van der Waals surface area contributed by atoms with Gasteiger partial charge in [-0.05, 0) is 17.7 Å². The number of carbonyl (C=O) groups is 1. The number of nitrogens with zero attached hydrogens (tertiary/aromatic N) is 3. The molecule has 160 valence electrons. The Hall–Kier alpha value is -3.37. The molecular weight excluding hydrogens is 399 g/mol. The van der Waals surface area contributed by atoms with Crippen molar-refractivity contribution in [1.82, 2.24) is 20.6 Å². The second-order valence-corrected chi connectivity index (χ2v) is 6.61. The third-order valence-corrected chi connectivity index (χ3v) is 4.49. The molecule has 0 bridgehead atoms. The van der Waals surface area contributed by atoms with E-state index in [1.54, 1.807) is 7.05 Å². The number of guanidine groups is 1. The lowest BCUT2D eigenvalue weighted by atomic mass is 9.90. The zero-order chi connectivity index (χ0) is 21.6. The zero-order valence-corrected chi connectivity index (χ0v) is 16.3. The molecule has 0 saturated heterocycles. The van der Waals surface area contributed by atoms with Gasteiger partial charge < -0.3 is 21.3 Å². The maximum Gasteiger partial charge on any atom is 0.433 e. The lowest BCUT2D eigenvalue weighted by Gasteiger charge is -2.26. The van der Waals surface area contributed by atoms with Crippen LogP contribution in [0.2, 0.25) is 0 Å². The van der Waals surface area contributed by atoms with Crippen LogP contribution >= 0.6 is 0 Å². The topological polar surface area (TPSA) is 103 Å². The first-order valence-corrected chi connectivity index (χ1v) is 9.34. The second-order valence-electron chi connectivity index (χ2n) is 6.61. The highest BCUT2D eigenvalue weighted by molar-refractivity contribution is 5.94. The lowest BCUT2D eigenvalue weighted by Crippen LogP contribution is -2.42. The average Bonchev–Trinajstić information content (AvgIpc) is 2.72. The van der Waals surface area contributed by atoms with Gasteiger partial charge in [0.15, 0.2) is 5.96 Å². The molecule has 3 rings (SSSR count). The first kappa shape index (κ1) is 21.3. The number of fused-ring (bicyclic) bond motifs is 1. The van der Waals surface area contributed by atoms with E-state index in [1.807, 2.05) is 24.3 Å². The fourth-order valence-electron chi connectivity index (χ4n) is 3.08. The Kier molecular flexibility index (Phi) is 6.70. The Labute approximate surface area is 171 Å². The summed E-state index contributed by atoms with van der Waals surface area (Å²) in [5, 5.41) is 11.8. The Morgan fingerprint density at radius 3 is 2.80 bits per heavy atom. The Morgan fingerprint density at radius 1 is 1.23 bits per heavy atom. The van der Waals surface area contributed by atoms with Crippen molar-refractivity contribution in [3.63, 3.8) is 0 Å². The highest BCUT2D eigenvalue weighted by atomic mass is 19.4. The van der Waals surface area contributed by atoms with Crippen molar-refractivity contribution >= 4 is 23.5 Å². The molecule has 0 aliphatic carbocycles. The third kappa shape index (κ3) is 5.58. The van der Waals surface area contributed by atoms with Crippen molar-refractivity contribution in [2.75, 3.05) is 37.3 Å². The second kappa shape index (κ2) is 9.42. The molecular formula is C19H22F3N7O. The van der Waals surface area contributed by atoms with Crippen molar-refractivity contribution in [3.8, 4) is 0 Å². The molecule has 0 spiro atoms. The van der Waals surface area contributed by atoms with E-state index < -0.39 is 11.9 Å². The number of amides is 1. The molecule has 1 unspecified atom stereocenters. The van der Waals surface area contributed by atoms with Crippen LogP contribution < -0.4 is 21.3 Å². The van der Waals surface area contributed by atoms with Gasteiger partial charge in [-0.15, -0.1) is 0 Å². The van der Waals surface area contributed by atoms with E-state index in [0.717, 1.165) is 23.5 Å². The van der Waals surface area contributed by atoms with Crippen LogP contribution in [0.3, 0.4) is 0 Å². The molecule has 0 radical (unpaired) electrons.